The summed E-state index contributed by atoms with van der Waals surface area (Å²) >= 11 is 5.87. The van der Waals surface area contributed by atoms with Crippen molar-refractivity contribution in [3.8, 4) is 5.88 Å². The monoisotopic (exact) mass is 188 g/mol. The lowest BCUT2D eigenvalue weighted by Crippen LogP contribution is -2.14. The molecule has 66 valence electrons. The molecule has 12 heavy (non-hydrogen) atoms. The third-order valence-corrected chi connectivity index (χ3v) is 2.20. The van der Waals surface area contributed by atoms with Gasteiger partial charge in [0.2, 0.25) is 5.88 Å². The Morgan fingerprint density at radius 2 is 2.50 bits per heavy atom. The summed E-state index contributed by atoms with van der Waals surface area (Å²) in [5.74, 6) is 0.590. The molecule has 0 unspecified atom stereocenters. The Kier molecular flexibility index (Phi) is 1.94. The molecule has 2 heterocycles. The molecule has 1 aliphatic heterocycles. The van der Waals surface area contributed by atoms with Gasteiger partial charge in [0.15, 0.2) is 0 Å². The lowest BCUT2D eigenvalue weighted by Gasteiger charge is -2.14. The van der Waals surface area contributed by atoms with Gasteiger partial charge in [-0.2, -0.15) is 5.10 Å². The largest absolute Gasteiger partial charge is 0.477 e. The summed E-state index contributed by atoms with van der Waals surface area (Å²) in [6.45, 7) is 1.35. The van der Waals surface area contributed by atoms with Crippen molar-refractivity contribution < 1.29 is 9.84 Å². The molecule has 4 nitrogen and oxygen atoms in total. The fourth-order valence-electron chi connectivity index (χ4n) is 1.25. The van der Waals surface area contributed by atoms with Gasteiger partial charge >= 0.3 is 0 Å². The number of hydrogen-bond acceptors (Lipinski definition) is 3. The first-order chi connectivity index (χ1) is 5.83. The van der Waals surface area contributed by atoms with Crippen LogP contribution in [0.1, 0.15) is 12.1 Å². The molecule has 0 saturated carbocycles. The summed E-state index contributed by atoms with van der Waals surface area (Å²) in [5, 5.41) is 13.4. The van der Waals surface area contributed by atoms with Gasteiger partial charge in [-0.05, 0) is 0 Å². The maximum atomic E-state index is 8.85. The number of hydrogen-bond donors (Lipinski definition) is 1. The van der Waals surface area contributed by atoms with Crippen LogP contribution < -0.4 is 4.74 Å². The first kappa shape index (κ1) is 7.89. The van der Waals surface area contributed by atoms with Crippen molar-refractivity contribution in [3.05, 3.63) is 10.7 Å². The van der Waals surface area contributed by atoms with Gasteiger partial charge in [0.1, 0.15) is 10.7 Å². The van der Waals surface area contributed by atoms with Crippen molar-refractivity contribution in [2.24, 2.45) is 0 Å². The summed E-state index contributed by atoms with van der Waals surface area (Å²) in [4.78, 5) is 0. The van der Waals surface area contributed by atoms with E-state index in [1.807, 2.05) is 0 Å². The van der Waals surface area contributed by atoms with Crippen molar-refractivity contribution in [2.75, 3.05) is 6.61 Å². The molecule has 0 bridgehead atoms. The number of fused-ring (bicyclic) bond motifs is 1. The molecule has 0 radical (unpaired) electrons. The van der Waals surface area contributed by atoms with Gasteiger partial charge in [-0.15, -0.1) is 0 Å². The molecule has 1 aliphatic rings. The molecule has 0 atom stereocenters. The fourth-order valence-corrected chi connectivity index (χ4v) is 1.50. The van der Waals surface area contributed by atoms with E-state index in [1.165, 1.54) is 0 Å². The van der Waals surface area contributed by atoms with Crippen LogP contribution in [-0.2, 0) is 13.2 Å². The highest BCUT2D eigenvalue weighted by Crippen LogP contribution is 2.30. The number of aryl methyl sites for hydroxylation is 1. The molecular formula is C7H9ClN2O2. The maximum absolute atomic E-state index is 8.85. The molecule has 0 amide bonds. The van der Waals surface area contributed by atoms with Gasteiger partial charge in [0.05, 0.1) is 13.2 Å². The van der Waals surface area contributed by atoms with E-state index in [0.29, 0.717) is 23.2 Å². The van der Waals surface area contributed by atoms with Gasteiger partial charge in [0, 0.05) is 13.0 Å². The lowest BCUT2D eigenvalue weighted by molar-refractivity contribution is 0.229. The quantitative estimate of drug-likeness (QED) is 0.710. The highest BCUT2D eigenvalue weighted by Gasteiger charge is 2.19. The topological polar surface area (TPSA) is 47.3 Å². The van der Waals surface area contributed by atoms with Crippen LogP contribution >= 0.6 is 11.6 Å². The van der Waals surface area contributed by atoms with Crippen molar-refractivity contribution >= 4 is 11.6 Å². The first-order valence-corrected chi connectivity index (χ1v) is 4.19. The third-order valence-electron chi connectivity index (χ3n) is 1.82. The minimum atomic E-state index is -0.137. The summed E-state index contributed by atoms with van der Waals surface area (Å²) in [6, 6.07) is 0. The van der Waals surface area contributed by atoms with Crippen molar-refractivity contribution in [3.63, 3.8) is 0 Å². The van der Waals surface area contributed by atoms with E-state index in [2.05, 4.69) is 5.10 Å². The van der Waals surface area contributed by atoms with Gasteiger partial charge in [0.25, 0.3) is 0 Å². The van der Waals surface area contributed by atoms with Crippen LogP contribution in [0.15, 0.2) is 0 Å². The SMILES string of the molecule is OCc1nn2c(c1Cl)OCCC2. The minimum Gasteiger partial charge on any atom is -0.477 e. The standard InChI is InChI=1S/C7H9ClN2O2/c8-6-5(4-11)9-10-2-1-3-12-7(6)10/h11H,1-4H2. The molecule has 0 aliphatic carbocycles. The molecule has 0 aromatic carbocycles. The van der Waals surface area contributed by atoms with E-state index < -0.39 is 0 Å². The van der Waals surface area contributed by atoms with E-state index in [0.717, 1.165) is 13.0 Å². The van der Waals surface area contributed by atoms with Crippen molar-refractivity contribution in [2.45, 2.75) is 19.6 Å². The molecule has 2 rings (SSSR count). The highest BCUT2D eigenvalue weighted by molar-refractivity contribution is 6.32. The molecule has 1 aromatic heterocycles. The third kappa shape index (κ3) is 1.07. The molecule has 1 N–H and O–H groups in total. The van der Waals surface area contributed by atoms with Crippen LogP contribution in [-0.4, -0.2) is 21.5 Å². The zero-order valence-corrected chi connectivity index (χ0v) is 7.21. The van der Waals surface area contributed by atoms with E-state index in [-0.39, 0.29) is 6.61 Å². The van der Waals surface area contributed by atoms with Crippen molar-refractivity contribution in [1.29, 1.82) is 0 Å². The van der Waals surface area contributed by atoms with Crippen LogP contribution in [0, 0.1) is 0 Å². The smallest absolute Gasteiger partial charge is 0.231 e. The Labute approximate surface area is 74.7 Å². The van der Waals surface area contributed by atoms with Crippen LogP contribution in [0.5, 0.6) is 5.88 Å². The predicted molar refractivity (Wildman–Crippen MR) is 43.3 cm³/mol. The summed E-state index contributed by atoms with van der Waals surface area (Å²) in [6.07, 6.45) is 0.940. The number of aliphatic hydroxyl groups is 1. The maximum Gasteiger partial charge on any atom is 0.231 e. The van der Waals surface area contributed by atoms with E-state index >= 15 is 0 Å². The Hall–Kier alpha value is -0.740. The van der Waals surface area contributed by atoms with Gasteiger partial charge in [-0.25, -0.2) is 4.68 Å². The average Bonchev–Trinajstić information content (AvgIpc) is 2.44. The predicted octanol–water partition coefficient (Wildman–Crippen LogP) is 0.811. The number of rotatable bonds is 1. The normalized spacial score (nSPS) is 15.5. The lowest BCUT2D eigenvalue weighted by atomic mass is 10.4. The number of aromatic nitrogens is 2. The average molecular weight is 189 g/mol. The van der Waals surface area contributed by atoms with Crippen LogP contribution in [0.25, 0.3) is 0 Å². The van der Waals surface area contributed by atoms with Crippen LogP contribution in [0.2, 0.25) is 5.02 Å². The molecule has 0 spiro atoms. The second-order valence-corrected chi connectivity index (χ2v) is 3.03. The second-order valence-electron chi connectivity index (χ2n) is 2.65. The summed E-state index contributed by atoms with van der Waals surface area (Å²) in [5.41, 5.74) is 0.494. The molecule has 0 saturated heterocycles. The summed E-state index contributed by atoms with van der Waals surface area (Å²) < 4.78 is 6.99. The zero-order valence-electron chi connectivity index (χ0n) is 6.46. The number of aliphatic hydroxyl groups excluding tert-OH is 1. The molecule has 0 fully saturated rings. The molecule has 1 aromatic rings. The summed E-state index contributed by atoms with van der Waals surface area (Å²) in [7, 11) is 0. The Bertz CT molecular complexity index is 298. The Balaban J connectivity index is 2.44. The fraction of sp³-hybridized carbons (Fsp3) is 0.571. The molecular weight excluding hydrogens is 180 g/mol. The first-order valence-electron chi connectivity index (χ1n) is 3.82. The molecule has 5 heteroatoms. The minimum absolute atomic E-state index is 0.137. The highest BCUT2D eigenvalue weighted by atomic mass is 35.5. The van der Waals surface area contributed by atoms with Gasteiger partial charge in [-0.1, -0.05) is 11.6 Å². The van der Waals surface area contributed by atoms with E-state index in [1.54, 1.807) is 4.68 Å². The number of halogens is 1. The zero-order chi connectivity index (χ0) is 8.55. The van der Waals surface area contributed by atoms with E-state index in [4.69, 9.17) is 21.4 Å². The second kappa shape index (κ2) is 2.95. The Morgan fingerprint density at radius 3 is 3.17 bits per heavy atom. The van der Waals surface area contributed by atoms with Crippen LogP contribution in [0.3, 0.4) is 0 Å². The van der Waals surface area contributed by atoms with E-state index in [9.17, 15) is 0 Å². The van der Waals surface area contributed by atoms with Gasteiger partial charge < -0.3 is 9.84 Å². The number of nitrogens with zero attached hydrogens (tertiary/aromatic N) is 2. The number of ether oxygens (including phenoxy) is 1. The van der Waals surface area contributed by atoms with Crippen LogP contribution in [0.4, 0.5) is 0 Å². The Morgan fingerprint density at radius 1 is 1.67 bits per heavy atom. The van der Waals surface area contributed by atoms with Crippen molar-refractivity contribution in [1.82, 2.24) is 9.78 Å². The van der Waals surface area contributed by atoms with Gasteiger partial charge in [-0.3, -0.25) is 0 Å².